The molecule has 6 nitrogen and oxygen atoms in total. The van der Waals surface area contributed by atoms with Crippen LogP contribution in [0.25, 0.3) is 43.6 Å². The molecule has 0 saturated carbocycles. The fourth-order valence-corrected chi connectivity index (χ4v) is 8.96. The fraction of sp³-hybridized carbons (Fsp3) is 0.188. The van der Waals surface area contributed by atoms with Gasteiger partial charge in [0.05, 0.1) is 50.4 Å². The Morgan fingerprint density at radius 3 is 1.01 bits per heavy atom. The molecule has 0 aliphatic carbocycles. The van der Waals surface area contributed by atoms with Gasteiger partial charge in [-0.1, -0.05) is 141 Å². The van der Waals surface area contributed by atoms with E-state index in [0.717, 1.165) is 90.5 Å². The summed E-state index contributed by atoms with van der Waals surface area (Å²) < 4.78 is 38.5. The molecular weight excluding hydrogens is 1180 g/mol. The van der Waals surface area contributed by atoms with E-state index in [0.29, 0.717) is 23.8 Å². The molecule has 0 spiro atoms. The van der Waals surface area contributed by atoms with Crippen LogP contribution in [0.5, 0.6) is 0 Å². The number of aromatic nitrogens is 4. The van der Waals surface area contributed by atoms with Crippen LogP contribution in [0.2, 0.25) is 0 Å². The number of benzene rings is 6. The van der Waals surface area contributed by atoms with Crippen LogP contribution in [0, 0.1) is 35.6 Å². The number of hydrogen-bond donors (Lipinski definition) is 0. The molecule has 2 aliphatic rings. The molecule has 0 atom stereocenters. The van der Waals surface area contributed by atoms with E-state index < -0.39 is 11.7 Å². The van der Waals surface area contributed by atoms with E-state index >= 15 is 0 Å². The van der Waals surface area contributed by atoms with E-state index in [2.05, 4.69) is 173 Å². The minimum atomic E-state index is -4.34. The summed E-state index contributed by atoms with van der Waals surface area (Å²) >= 11 is 3.64. The van der Waals surface area contributed by atoms with Gasteiger partial charge in [0.1, 0.15) is 0 Å². The Bertz CT molecular complexity index is 3560. The van der Waals surface area contributed by atoms with E-state index in [1.165, 1.54) is 51.1 Å². The molecule has 10 aromatic rings. The summed E-state index contributed by atoms with van der Waals surface area (Å²) in [5, 5.41) is 4.12. The second-order valence-corrected chi connectivity index (χ2v) is 18.8. The normalized spacial score (nSPS) is 11.8. The van der Waals surface area contributed by atoms with Gasteiger partial charge < -0.3 is 14.9 Å². The van der Waals surface area contributed by atoms with Gasteiger partial charge in [-0.15, -0.1) is 0 Å². The van der Waals surface area contributed by atoms with Crippen molar-refractivity contribution in [3.05, 3.63) is 241 Å². The first-order valence-electron chi connectivity index (χ1n) is 24.3. The van der Waals surface area contributed by atoms with Crippen LogP contribution in [0.3, 0.4) is 0 Å². The van der Waals surface area contributed by atoms with Gasteiger partial charge >= 0.3 is 60.2 Å². The van der Waals surface area contributed by atoms with Gasteiger partial charge in [0.15, 0.2) is 0 Å². The molecule has 6 aromatic carbocycles. The summed E-state index contributed by atoms with van der Waals surface area (Å²) in [5.41, 5.74) is 17.5. The number of nitrogens with zero attached hydrogens (tertiary/aromatic N) is 6. The predicted molar refractivity (Wildman–Crippen MR) is 312 cm³/mol. The van der Waals surface area contributed by atoms with Crippen molar-refractivity contribution in [2.24, 2.45) is 9.98 Å². The van der Waals surface area contributed by atoms with Crippen molar-refractivity contribution >= 4 is 85.8 Å². The first-order chi connectivity index (χ1) is 36.2. The second-order valence-electron chi connectivity index (χ2n) is 18.8. The molecule has 398 valence electrons. The Morgan fingerprint density at radius 1 is 0.416 bits per heavy atom. The van der Waals surface area contributed by atoms with Gasteiger partial charge in [-0.2, -0.15) is 13.2 Å². The zero-order valence-corrected chi connectivity index (χ0v) is 49.5. The zero-order valence-electron chi connectivity index (χ0n) is 44.5. The second kappa shape index (κ2) is 28.5. The van der Waals surface area contributed by atoms with Crippen molar-refractivity contribution < 1.29 is 47.8 Å². The van der Waals surface area contributed by atoms with Crippen LogP contribution in [0.1, 0.15) is 95.2 Å². The van der Waals surface area contributed by atoms with Crippen LogP contribution in [0.15, 0.2) is 180 Å². The third-order valence-electron chi connectivity index (χ3n) is 13.0. The van der Waals surface area contributed by atoms with Crippen LogP contribution in [-0.4, -0.2) is 31.4 Å². The van der Waals surface area contributed by atoms with Gasteiger partial charge in [0.2, 0.25) is 0 Å². The molecule has 0 fully saturated rings. The molecule has 2 aliphatic heterocycles. The summed E-state index contributed by atoms with van der Waals surface area (Å²) in [6.07, 6.45) is 4.15. The van der Waals surface area contributed by atoms with Crippen molar-refractivity contribution in [3.8, 4) is 0 Å². The number of aliphatic imine (C=N–C) groups is 2. The van der Waals surface area contributed by atoms with Crippen LogP contribution >= 0.6 is 19.4 Å². The van der Waals surface area contributed by atoms with E-state index in [4.69, 9.17) is 9.98 Å². The molecule has 0 N–H and O–H groups in total. The summed E-state index contributed by atoms with van der Waals surface area (Å²) in [7, 11) is 9.14. The Morgan fingerprint density at radius 2 is 0.701 bits per heavy atom. The maximum absolute atomic E-state index is 12.8. The number of halogens is 5. The van der Waals surface area contributed by atoms with Crippen molar-refractivity contribution in [2.45, 2.75) is 79.3 Å². The predicted octanol–water partition coefficient (Wildman–Crippen LogP) is 18.8. The first-order valence-corrected chi connectivity index (χ1v) is 28.8. The monoisotopic (exact) mass is 1240 g/mol. The molecule has 0 saturated heterocycles. The molecule has 0 amide bonds. The summed E-state index contributed by atoms with van der Waals surface area (Å²) in [6, 6.07) is 47.0. The summed E-state index contributed by atoms with van der Waals surface area (Å²) in [5.74, 6) is 1.31. The van der Waals surface area contributed by atoms with Gasteiger partial charge in [-0.3, -0.25) is 29.9 Å². The molecule has 4 aromatic heterocycles. The van der Waals surface area contributed by atoms with Crippen LogP contribution in [0.4, 0.5) is 24.5 Å². The van der Waals surface area contributed by atoms with Gasteiger partial charge in [-0.25, -0.2) is 0 Å². The van der Waals surface area contributed by atoms with E-state index in [1.807, 2.05) is 83.4 Å². The molecule has 0 bridgehead atoms. The zero-order chi connectivity index (χ0) is 53.8. The molecule has 13 heteroatoms. The van der Waals surface area contributed by atoms with Crippen LogP contribution < -0.4 is 0 Å². The third kappa shape index (κ3) is 14.7. The summed E-state index contributed by atoms with van der Waals surface area (Å²) in [6.45, 7) is 15.2. The van der Waals surface area contributed by atoms with Crippen LogP contribution in [-0.2, 0) is 53.6 Å². The van der Waals surface area contributed by atoms with E-state index in [1.54, 1.807) is 12.4 Å². The van der Waals surface area contributed by atoms with Gasteiger partial charge in [0, 0.05) is 59.2 Å². The molecule has 77 heavy (non-hydrogen) atoms. The summed E-state index contributed by atoms with van der Waals surface area (Å²) in [4.78, 5) is 27.8. The Labute approximate surface area is 480 Å². The molecule has 0 unspecified atom stereocenters. The standard InChI is InChI=1S/C21H12F3N3.C21H15N3.2C10H14.2CH3.2ClH.2Ru/c22-21(23,24)13-7-5-12(6-8-13)17-11-16-14-3-1-9-25-19(14)20-15(18(16)27-17)4-2-10-26-20;1-13-6-8-14(9-7-13)18-12-17-15-4-2-10-22-20(15)21-16(19(17)24-18)5-3-11-23-21;2*1-8(2)10-6-4-9(3)5-7-10;;;;;;/h1-10H,11H2;2-11H,12H2,1H3;2*4-8H,1-3H3;2*1H3;2*1H;;/q;;;;2*-1;;;2*+2/p-2. The first kappa shape index (κ1) is 61.8. The number of fused-ring (bicyclic) bond motifs is 12. The average Bonchev–Trinajstić information content (AvgIpc) is 4.15. The van der Waals surface area contributed by atoms with E-state index in [-0.39, 0.29) is 14.9 Å². The SMILES string of the molecule is Cc1ccc(C(C)C)cc1.Cc1ccc(C(C)C)cc1.Cc1ccc(C2=Nc3c(c4cccnc4c4ncccc34)C2)cc1.FC(F)(F)c1ccc(C2=Nc3c(c4cccnc4c4ncccc34)C2)cc1.[CH3-].[CH3-].[Cl][Ru+].[Cl][Ru+]. The number of rotatable bonds is 4. The third-order valence-corrected chi connectivity index (χ3v) is 13.0. The van der Waals surface area contributed by atoms with E-state index in [9.17, 15) is 13.2 Å². The number of alkyl halides is 3. The Kier molecular flexibility index (Phi) is 22.9. The molecule has 0 radical (unpaired) electrons. The number of aryl methyl sites for hydroxylation is 3. The molecule has 12 rings (SSSR count). The van der Waals surface area contributed by atoms with Crippen molar-refractivity contribution in [3.63, 3.8) is 0 Å². The quantitative estimate of drug-likeness (QED) is 0.0999. The van der Waals surface area contributed by atoms with Crippen molar-refractivity contribution in [1.82, 2.24) is 19.9 Å². The van der Waals surface area contributed by atoms with Gasteiger partial charge in [-0.05, 0) is 115 Å². The number of hydrogen-bond acceptors (Lipinski definition) is 6. The maximum atomic E-state index is 12.8. The molecular formula is C64H61Cl2F3N6Ru2. The topological polar surface area (TPSA) is 76.3 Å². The Hall–Kier alpha value is -6.08. The fourth-order valence-electron chi connectivity index (χ4n) is 8.96. The van der Waals surface area contributed by atoms with Gasteiger partial charge in [0.25, 0.3) is 0 Å². The van der Waals surface area contributed by atoms with Crippen molar-refractivity contribution in [2.75, 3.05) is 0 Å². The van der Waals surface area contributed by atoms with Crippen molar-refractivity contribution in [1.29, 1.82) is 0 Å². The number of pyridine rings is 4. The average molecular weight is 1240 g/mol. The molecule has 6 heterocycles. The minimum absolute atomic E-state index is 0. The Balaban J connectivity index is 0.000000199.